The summed E-state index contributed by atoms with van der Waals surface area (Å²) in [6, 6.07) is 8.27. The summed E-state index contributed by atoms with van der Waals surface area (Å²) in [5, 5.41) is 0. The molecule has 5 nitrogen and oxygen atoms in total. The number of para-hydroxylation sites is 2. The van der Waals surface area contributed by atoms with Gasteiger partial charge in [-0.25, -0.2) is 0 Å². The zero-order valence-corrected chi connectivity index (χ0v) is 17.7. The molecule has 1 aliphatic carbocycles. The highest BCUT2D eigenvalue weighted by Gasteiger charge is 2.30. The molecule has 1 aromatic carbocycles. The summed E-state index contributed by atoms with van der Waals surface area (Å²) >= 11 is 0. The van der Waals surface area contributed by atoms with E-state index in [0.717, 1.165) is 50.5 Å². The second-order valence-corrected chi connectivity index (χ2v) is 8.20. The smallest absolute Gasteiger partial charge is 0.241 e. The van der Waals surface area contributed by atoms with Crippen molar-refractivity contribution in [2.45, 2.75) is 57.9 Å². The molecule has 2 aliphatic rings. The first kappa shape index (κ1) is 21.1. The number of hydrogen-bond acceptors (Lipinski definition) is 4. The number of carbonyl (C=O) groups excluding carboxylic acids is 1. The molecule has 5 heteroatoms. The molecule has 1 aliphatic heterocycles. The van der Waals surface area contributed by atoms with Crippen LogP contribution in [0, 0.1) is 0 Å². The van der Waals surface area contributed by atoms with Crippen molar-refractivity contribution in [3.63, 3.8) is 0 Å². The fourth-order valence-corrected chi connectivity index (χ4v) is 4.52. The van der Waals surface area contributed by atoms with Gasteiger partial charge in [0.2, 0.25) is 5.91 Å². The minimum Gasteiger partial charge on any atom is -0.495 e. The van der Waals surface area contributed by atoms with Gasteiger partial charge >= 0.3 is 0 Å². The Bertz CT molecular complexity index is 608. The summed E-state index contributed by atoms with van der Waals surface area (Å²) in [6.07, 6.45) is 8.39. The molecule has 0 bridgehead atoms. The summed E-state index contributed by atoms with van der Waals surface area (Å²) < 4.78 is 5.59. The number of hydrogen-bond donors (Lipinski definition) is 0. The van der Waals surface area contributed by atoms with Crippen LogP contribution >= 0.6 is 0 Å². The number of rotatable bonds is 8. The molecule has 0 atom stereocenters. The summed E-state index contributed by atoms with van der Waals surface area (Å²) in [4.78, 5) is 20.4. The normalized spacial score (nSPS) is 19.5. The fraction of sp³-hybridized carbons (Fsp3) is 0.696. The molecule has 3 rings (SSSR count). The lowest BCUT2D eigenvalue weighted by atomic mass is 9.93. The molecule has 1 heterocycles. The number of benzene rings is 1. The third-order valence-electron chi connectivity index (χ3n) is 6.20. The standard InChI is InChI=1S/C23H37N3O2/c1-3-4-14-24-15-17-25(18-16-24)19-23(27)26(20-10-6-5-7-11-20)21-12-8-9-13-22(21)28-2/h8-9,12-13,20H,3-7,10-11,14-19H2,1-2H3. The Balaban J connectivity index is 1.67. The van der Waals surface area contributed by atoms with Crippen LogP contribution in [0.2, 0.25) is 0 Å². The van der Waals surface area contributed by atoms with E-state index < -0.39 is 0 Å². The van der Waals surface area contributed by atoms with Crippen LogP contribution in [0.1, 0.15) is 51.9 Å². The molecule has 0 spiro atoms. The second kappa shape index (κ2) is 10.8. The van der Waals surface area contributed by atoms with E-state index in [-0.39, 0.29) is 5.91 Å². The van der Waals surface area contributed by atoms with Gasteiger partial charge in [0.25, 0.3) is 0 Å². The Morgan fingerprint density at radius 1 is 1.07 bits per heavy atom. The first-order valence-electron chi connectivity index (χ1n) is 11.1. The Hall–Kier alpha value is -1.59. The summed E-state index contributed by atoms with van der Waals surface area (Å²) in [7, 11) is 1.69. The number of nitrogens with zero attached hydrogens (tertiary/aromatic N) is 3. The van der Waals surface area contributed by atoms with Crippen molar-refractivity contribution in [3.05, 3.63) is 24.3 Å². The number of unbranched alkanes of at least 4 members (excludes halogenated alkanes) is 1. The molecule has 1 amide bonds. The van der Waals surface area contributed by atoms with E-state index in [1.807, 2.05) is 24.3 Å². The summed E-state index contributed by atoms with van der Waals surface area (Å²) in [5.74, 6) is 1.02. The molecule has 0 N–H and O–H groups in total. The van der Waals surface area contributed by atoms with Crippen LogP contribution in [-0.2, 0) is 4.79 Å². The van der Waals surface area contributed by atoms with Gasteiger partial charge in [-0.05, 0) is 37.9 Å². The molecular weight excluding hydrogens is 350 g/mol. The average molecular weight is 388 g/mol. The van der Waals surface area contributed by atoms with Crippen LogP contribution in [0.3, 0.4) is 0 Å². The first-order chi connectivity index (χ1) is 13.7. The van der Waals surface area contributed by atoms with Crippen LogP contribution in [0.4, 0.5) is 5.69 Å². The van der Waals surface area contributed by atoms with Crippen molar-refractivity contribution < 1.29 is 9.53 Å². The molecule has 28 heavy (non-hydrogen) atoms. The van der Waals surface area contributed by atoms with Gasteiger partial charge in [-0.15, -0.1) is 0 Å². The lowest BCUT2D eigenvalue weighted by Gasteiger charge is -2.38. The molecule has 1 aromatic rings. The van der Waals surface area contributed by atoms with Gasteiger partial charge in [-0.1, -0.05) is 44.7 Å². The monoisotopic (exact) mass is 387 g/mol. The van der Waals surface area contributed by atoms with Crippen molar-refractivity contribution in [3.8, 4) is 5.75 Å². The zero-order valence-electron chi connectivity index (χ0n) is 17.7. The van der Waals surface area contributed by atoms with E-state index in [0.29, 0.717) is 12.6 Å². The quantitative estimate of drug-likeness (QED) is 0.680. The van der Waals surface area contributed by atoms with E-state index >= 15 is 0 Å². The van der Waals surface area contributed by atoms with E-state index in [2.05, 4.69) is 21.6 Å². The maximum Gasteiger partial charge on any atom is 0.241 e. The molecule has 1 saturated carbocycles. The van der Waals surface area contributed by atoms with Crippen molar-refractivity contribution in [1.82, 2.24) is 9.80 Å². The van der Waals surface area contributed by atoms with Gasteiger partial charge in [-0.2, -0.15) is 0 Å². The van der Waals surface area contributed by atoms with E-state index in [1.165, 1.54) is 38.6 Å². The van der Waals surface area contributed by atoms with Crippen LogP contribution in [-0.4, -0.2) is 68.1 Å². The number of anilines is 1. The molecule has 1 saturated heterocycles. The maximum atomic E-state index is 13.4. The maximum absolute atomic E-state index is 13.4. The lowest BCUT2D eigenvalue weighted by molar-refractivity contribution is -0.120. The Morgan fingerprint density at radius 3 is 2.43 bits per heavy atom. The molecule has 2 fully saturated rings. The fourth-order valence-electron chi connectivity index (χ4n) is 4.52. The Labute approximate surface area is 170 Å². The molecule has 0 aromatic heterocycles. The van der Waals surface area contributed by atoms with Gasteiger partial charge in [0.15, 0.2) is 0 Å². The highest BCUT2D eigenvalue weighted by atomic mass is 16.5. The van der Waals surface area contributed by atoms with Gasteiger partial charge in [0.1, 0.15) is 5.75 Å². The molecule has 156 valence electrons. The average Bonchev–Trinajstić information content (AvgIpc) is 2.74. The van der Waals surface area contributed by atoms with Crippen molar-refractivity contribution >= 4 is 11.6 Å². The third-order valence-corrected chi connectivity index (χ3v) is 6.20. The highest BCUT2D eigenvalue weighted by molar-refractivity contribution is 5.96. The number of piperazine rings is 1. The largest absolute Gasteiger partial charge is 0.495 e. The topological polar surface area (TPSA) is 36.0 Å². The number of amides is 1. The number of carbonyl (C=O) groups is 1. The predicted molar refractivity (Wildman–Crippen MR) is 115 cm³/mol. The lowest BCUT2D eigenvalue weighted by Crippen LogP contribution is -2.52. The van der Waals surface area contributed by atoms with Crippen molar-refractivity contribution in [2.75, 3.05) is 51.3 Å². The Morgan fingerprint density at radius 2 is 1.75 bits per heavy atom. The Kier molecular flexibility index (Phi) is 8.16. The zero-order chi connectivity index (χ0) is 19.8. The van der Waals surface area contributed by atoms with Crippen LogP contribution in [0.25, 0.3) is 0 Å². The molecule has 0 unspecified atom stereocenters. The van der Waals surface area contributed by atoms with E-state index in [4.69, 9.17) is 4.74 Å². The predicted octanol–water partition coefficient (Wildman–Crippen LogP) is 3.78. The number of methoxy groups -OCH3 is 1. The summed E-state index contributed by atoms with van der Waals surface area (Å²) in [5.41, 5.74) is 0.934. The van der Waals surface area contributed by atoms with Gasteiger partial charge < -0.3 is 14.5 Å². The van der Waals surface area contributed by atoms with Gasteiger partial charge in [0, 0.05) is 32.2 Å². The van der Waals surface area contributed by atoms with Crippen molar-refractivity contribution in [2.24, 2.45) is 0 Å². The summed E-state index contributed by atoms with van der Waals surface area (Å²) in [6.45, 7) is 8.06. The third kappa shape index (κ3) is 5.48. The minimum absolute atomic E-state index is 0.221. The van der Waals surface area contributed by atoms with Crippen LogP contribution < -0.4 is 9.64 Å². The SMILES string of the molecule is CCCCN1CCN(CC(=O)N(c2ccccc2OC)C2CCCCC2)CC1. The first-order valence-corrected chi connectivity index (χ1v) is 11.1. The van der Waals surface area contributed by atoms with Crippen LogP contribution in [0.15, 0.2) is 24.3 Å². The van der Waals surface area contributed by atoms with Crippen molar-refractivity contribution in [1.29, 1.82) is 0 Å². The van der Waals surface area contributed by atoms with Crippen LogP contribution in [0.5, 0.6) is 5.75 Å². The number of ether oxygens (including phenoxy) is 1. The second-order valence-electron chi connectivity index (χ2n) is 8.20. The molecular formula is C23H37N3O2. The highest BCUT2D eigenvalue weighted by Crippen LogP contribution is 2.34. The minimum atomic E-state index is 0.221. The van der Waals surface area contributed by atoms with Gasteiger partial charge in [-0.3, -0.25) is 9.69 Å². The van der Waals surface area contributed by atoms with E-state index in [1.54, 1.807) is 7.11 Å². The van der Waals surface area contributed by atoms with Gasteiger partial charge in [0.05, 0.1) is 19.3 Å². The van der Waals surface area contributed by atoms with E-state index in [9.17, 15) is 4.79 Å². The molecule has 0 radical (unpaired) electrons.